The van der Waals surface area contributed by atoms with Gasteiger partial charge in [0.05, 0.1) is 10.6 Å². The van der Waals surface area contributed by atoms with Crippen LogP contribution in [0.25, 0.3) is 0 Å². The van der Waals surface area contributed by atoms with E-state index >= 15 is 0 Å². The van der Waals surface area contributed by atoms with Crippen LogP contribution < -0.4 is 5.73 Å². The average Bonchev–Trinajstić information content (AvgIpc) is 2.17. The van der Waals surface area contributed by atoms with Gasteiger partial charge in [0.2, 0.25) is 0 Å². The van der Waals surface area contributed by atoms with Crippen molar-refractivity contribution in [2.24, 2.45) is 5.73 Å². The third kappa shape index (κ3) is 3.32. The summed E-state index contributed by atoms with van der Waals surface area (Å²) in [6.45, 7) is 4.34. The predicted molar refractivity (Wildman–Crippen MR) is 66.3 cm³/mol. The molecule has 0 heterocycles. The minimum atomic E-state index is -3.14. The average molecular weight is 241 g/mol. The smallest absolute Gasteiger partial charge is 0.178 e. The number of hydrogen-bond acceptors (Lipinski definition) is 3. The van der Waals surface area contributed by atoms with Gasteiger partial charge in [0.25, 0.3) is 0 Å². The summed E-state index contributed by atoms with van der Waals surface area (Å²) in [5.41, 5.74) is 7.26. The molecule has 3 nitrogen and oxygen atoms in total. The van der Waals surface area contributed by atoms with Gasteiger partial charge in [-0.3, -0.25) is 0 Å². The molecule has 0 unspecified atom stereocenters. The third-order valence-corrected chi connectivity index (χ3v) is 4.49. The van der Waals surface area contributed by atoms with Gasteiger partial charge in [-0.1, -0.05) is 17.7 Å². The van der Waals surface area contributed by atoms with Gasteiger partial charge in [-0.25, -0.2) is 8.42 Å². The maximum absolute atomic E-state index is 12.0. The molecule has 2 N–H and O–H groups in total. The third-order valence-electron chi connectivity index (χ3n) is 2.53. The van der Waals surface area contributed by atoms with E-state index in [0.717, 1.165) is 17.5 Å². The van der Waals surface area contributed by atoms with Crippen molar-refractivity contribution in [3.8, 4) is 0 Å². The predicted octanol–water partition coefficient (Wildman–Crippen LogP) is 1.82. The fourth-order valence-electron chi connectivity index (χ4n) is 1.69. The number of sulfone groups is 1. The van der Waals surface area contributed by atoms with Crippen LogP contribution in [0.1, 0.15) is 24.0 Å². The molecule has 4 heteroatoms. The van der Waals surface area contributed by atoms with Crippen molar-refractivity contribution >= 4 is 9.84 Å². The molecule has 0 amide bonds. The summed E-state index contributed by atoms with van der Waals surface area (Å²) in [5.74, 6) is 0.189. The highest BCUT2D eigenvalue weighted by Crippen LogP contribution is 2.18. The van der Waals surface area contributed by atoms with Crippen molar-refractivity contribution in [1.82, 2.24) is 0 Å². The number of hydrogen-bond donors (Lipinski definition) is 1. The molecule has 0 saturated carbocycles. The zero-order valence-corrected chi connectivity index (χ0v) is 10.7. The Morgan fingerprint density at radius 3 is 2.44 bits per heavy atom. The SMILES string of the molecule is Cc1ccc(S(=O)(=O)CCCCN)c(C)c1. The van der Waals surface area contributed by atoms with E-state index in [0.29, 0.717) is 17.9 Å². The fraction of sp³-hybridized carbons (Fsp3) is 0.500. The van der Waals surface area contributed by atoms with Gasteiger partial charge in [0.15, 0.2) is 9.84 Å². The number of aryl methyl sites for hydroxylation is 2. The maximum atomic E-state index is 12.0. The highest BCUT2D eigenvalue weighted by molar-refractivity contribution is 7.91. The van der Waals surface area contributed by atoms with Crippen molar-refractivity contribution in [3.63, 3.8) is 0 Å². The molecule has 0 aromatic heterocycles. The topological polar surface area (TPSA) is 60.2 Å². The van der Waals surface area contributed by atoms with Crippen molar-refractivity contribution < 1.29 is 8.42 Å². The minimum absolute atomic E-state index is 0.189. The molecule has 0 spiro atoms. The highest BCUT2D eigenvalue weighted by atomic mass is 32.2. The van der Waals surface area contributed by atoms with Gasteiger partial charge < -0.3 is 5.73 Å². The number of rotatable bonds is 5. The molecule has 0 bridgehead atoms. The standard InChI is InChI=1S/C12H19NO2S/c1-10-5-6-12(11(2)9-10)16(14,15)8-4-3-7-13/h5-6,9H,3-4,7-8,13H2,1-2H3. The van der Waals surface area contributed by atoms with Crippen LogP contribution in [0.4, 0.5) is 0 Å². The molecule has 16 heavy (non-hydrogen) atoms. The van der Waals surface area contributed by atoms with Gasteiger partial charge >= 0.3 is 0 Å². The summed E-state index contributed by atoms with van der Waals surface area (Å²) in [7, 11) is -3.14. The first-order valence-electron chi connectivity index (χ1n) is 5.47. The van der Waals surface area contributed by atoms with Gasteiger partial charge in [0, 0.05) is 0 Å². The molecule has 0 radical (unpaired) electrons. The number of nitrogens with two attached hydrogens (primary N) is 1. The normalized spacial score (nSPS) is 11.7. The molecule has 0 aliphatic carbocycles. The second-order valence-electron chi connectivity index (χ2n) is 4.08. The molecular weight excluding hydrogens is 222 g/mol. The van der Waals surface area contributed by atoms with Gasteiger partial charge in [-0.2, -0.15) is 0 Å². The lowest BCUT2D eigenvalue weighted by molar-refractivity contribution is 0.591. The van der Waals surface area contributed by atoms with Crippen molar-refractivity contribution in [2.45, 2.75) is 31.6 Å². The Morgan fingerprint density at radius 2 is 1.88 bits per heavy atom. The Bertz CT molecular complexity index is 452. The summed E-state index contributed by atoms with van der Waals surface area (Å²) in [6.07, 6.45) is 1.39. The summed E-state index contributed by atoms with van der Waals surface area (Å²) >= 11 is 0. The van der Waals surface area contributed by atoms with Crippen LogP contribution in [0, 0.1) is 13.8 Å². The molecule has 1 rings (SSSR count). The van der Waals surface area contributed by atoms with Crippen LogP contribution in [-0.2, 0) is 9.84 Å². The van der Waals surface area contributed by atoms with Crippen LogP contribution >= 0.6 is 0 Å². The zero-order valence-electron chi connectivity index (χ0n) is 9.86. The van der Waals surface area contributed by atoms with E-state index in [2.05, 4.69) is 0 Å². The zero-order chi connectivity index (χ0) is 12.2. The van der Waals surface area contributed by atoms with E-state index in [-0.39, 0.29) is 5.75 Å². The van der Waals surface area contributed by atoms with Crippen molar-refractivity contribution in [3.05, 3.63) is 29.3 Å². The van der Waals surface area contributed by atoms with E-state index in [1.807, 2.05) is 26.0 Å². The summed E-state index contributed by atoms with van der Waals surface area (Å²) in [4.78, 5) is 0.454. The Balaban J connectivity index is 2.90. The van der Waals surface area contributed by atoms with Gasteiger partial charge in [-0.15, -0.1) is 0 Å². The van der Waals surface area contributed by atoms with E-state index < -0.39 is 9.84 Å². The number of benzene rings is 1. The Hall–Kier alpha value is -0.870. The minimum Gasteiger partial charge on any atom is -0.330 e. The van der Waals surface area contributed by atoms with E-state index in [1.54, 1.807) is 6.07 Å². The van der Waals surface area contributed by atoms with Crippen molar-refractivity contribution in [2.75, 3.05) is 12.3 Å². The molecule has 0 atom stereocenters. The lowest BCUT2D eigenvalue weighted by Gasteiger charge is -2.08. The number of unbranched alkanes of at least 4 members (excludes halogenated alkanes) is 1. The Kier molecular flexibility index (Phi) is 4.50. The summed E-state index contributed by atoms with van der Waals surface area (Å²) in [6, 6.07) is 5.43. The first-order chi connectivity index (χ1) is 7.47. The lowest BCUT2D eigenvalue weighted by Crippen LogP contribution is -2.10. The van der Waals surface area contributed by atoms with Gasteiger partial charge in [-0.05, 0) is 44.9 Å². The highest BCUT2D eigenvalue weighted by Gasteiger charge is 2.16. The molecule has 1 aromatic rings. The fourth-order valence-corrected chi connectivity index (χ4v) is 3.32. The second kappa shape index (κ2) is 5.46. The van der Waals surface area contributed by atoms with Crippen LogP contribution in [0.15, 0.2) is 23.1 Å². The van der Waals surface area contributed by atoms with Crippen LogP contribution in [0.3, 0.4) is 0 Å². The molecule has 0 aliphatic rings. The molecule has 0 aliphatic heterocycles. The van der Waals surface area contributed by atoms with E-state index in [4.69, 9.17) is 5.73 Å². The van der Waals surface area contributed by atoms with Crippen LogP contribution in [-0.4, -0.2) is 20.7 Å². The second-order valence-corrected chi connectivity index (χ2v) is 6.16. The largest absolute Gasteiger partial charge is 0.330 e. The van der Waals surface area contributed by atoms with E-state index in [1.165, 1.54) is 0 Å². The lowest BCUT2D eigenvalue weighted by atomic mass is 10.2. The molecule has 1 aromatic carbocycles. The van der Waals surface area contributed by atoms with E-state index in [9.17, 15) is 8.42 Å². The maximum Gasteiger partial charge on any atom is 0.178 e. The monoisotopic (exact) mass is 241 g/mol. The van der Waals surface area contributed by atoms with Crippen LogP contribution in [0.5, 0.6) is 0 Å². The summed E-state index contributed by atoms with van der Waals surface area (Å²) in [5, 5.41) is 0. The summed E-state index contributed by atoms with van der Waals surface area (Å²) < 4.78 is 24.0. The quantitative estimate of drug-likeness (QED) is 0.800. The Morgan fingerprint density at radius 1 is 1.19 bits per heavy atom. The molecule has 0 saturated heterocycles. The van der Waals surface area contributed by atoms with Gasteiger partial charge in [0.1, 0.15) is 0 Å². The first-order valence-corrected chi connectivity index (χ1v) is 7.12. The molecule has 90 valence electrons. The first kappa shape index (κ1) is 13.2. The van der Waals surface area contributed by atoms with Crippen molar-refractivity contribution in [1.29, 1.82) is 0 Å². The Labute approximate surface area is 97.6 Å². The molecule has 0 fully saturated rings. The molecular formula is C12H19NO2S. The van der Waals surface area contributed by atoms with Crippen LogP contribution in [0.2, 0.25) is 0 Å².